The van der Waals surface area contributed by atoms with Gasteiger partial charge in [-0.3, -0.25) is 9.78 Å². The van der Waals surface area contributed by atoms with Crippen LogP contribution in [0.1, 0.15) is 29.5 Å². The summed E-state index contributed by atoms with van der Waals surface area (Å²) in [5.41, 5.74) is 6.64. The highest BCUT2D eigenvalue weighted by Gasteiger charge is 2.26. The smallest absolute Gasteiger partial charge is 0.223 e. The van der Waals surface area contributed by atoms with Crippen molar-refractivity contribution in [2.24, 2.45) is 5.92 Å². The lowest BCUT2D eigenvalue weighted by Crippen LogP contribution is -2.40. The van der Waals surface area contributed by atoms with Crippen molar-refractivity contribution in [2.75, 3.05) is 18.0 Å². The van der Waals surface area contributed by atoms with Gasteiger partial charge < -0.3 is 10.2 Å². The van der Waals surface area contributed by atoms with E-state index in [1.54, 1.807) is 18.6 Å². The average Bonchev–Trinajstić information content (AvgIpc) is 3.29. The van der Waals surface area contributed by atoms with Gasteiger partial charge in [0.05, 0.1) is 5.69 Å². The summed E-state index contributed by atoms with van der Waals surface area (Å²) < 4.78 is 1.90. The third-order valence-electron chi connectivity index (χ3n) is 6.55. The molecule has 4 heterocycles. The van der Waals surface area contributed by atoms with Gasteiger partial charge in [-0.25, -0.2) is 9.50 Å². The highest BCUT2D eigenvalue weighted by molar-refractivity contribution is 5.79. The number of fused-ring (bicyclic) bond motifs is 1. The molecular formula is C26H28N6O. The number of nitrogens with zero attached hydrogens (tertiary/aromatic N) is 5. The summed E-state index contributed by atoms with van der Waals surface area (Å²) in [4.78, 5) is 23.6. The number of piperidine rings is 1. The Morgan fingerprint density at radius 2 is 1.82 bits per heavy atom. The molecule has 0 saturated carbocycles. The van der Waals surface area contributed by atoms with Crippen LogP contribution in [0.4, 0.5) is 5.82 Å². The van der Waals surface area contributed by atoms with E-state index >= 15 is 0 Å². The number of rotatable bonds is 5. The molecule has 5 rings (SSSR count). The maximum atomic E-state index is 12.7. The quantitative estimate of drug-likeness (QED) is 0.509. The van der Waals surface area contributed by atoms with E-state index in [1.807, 2.05) is 22.8 Å². The van der Waals surface area contributed by atoms with Crippen LogP contribution in [0, 0.1) is 19.8 Å². The zero-order valence-electron chi connectivity index (χ0n) is 19.0. The van der Waals surface area contributed by atoms with Crippen molar-refractivity contribution < 1.29 is 4.79 Å². The molecule has 33 heavy (non-hydrogen) atoms. The summed E-state index contributed by atoms with van der Waals surface area (Å²) in [5, 5.41) is 7.85. The van der Waals surface area contributed by atoms with E-state index < -0.39 is 0 Å². The number of hydrogen-bond donors (Lipinski definition) is 1. The van der Waals surface area contributed by atoms with Crippen molar-refractivity contribution in [1.29, 1.82) is 0 Å². The molecule has 0 atom stereocenters. The summed E-state index contributed by atoms with van der Waals surface area (Å²) in [5.74, 6) is 1.08. The monoisotopic (exact) mass is 440 g/mol. The summed E-state index contributed by atoms with van der Waals surface area (Å²) in [6.07, 6.45) is 8.80. The van der Waals surface area contributed by atoms with Gasteiger partial charge in [0.2, 0.25) is 5.91 Å². The molecule has 0 aliphatic carbocycles. The summed E-state index contributed by atoms with van der Waals surface area (Å²) >= 11 is 0. The molecule has 7 nitrogen and oxygen atoms in total. The zero-order valence-corrected chi connectivity index (χ0v) is 19.0. The Labute approximate surface area is 193 Å². The van der Waals surface area contributed by atoms with Gasteiger partial charge in [-0.15, -0.1) is 0 Å². The first kappa shape index (κ1) is 21.1. The Hall–Kier alpha value is -3.74. The van der Waals surface area contributed by atoms with Gasteiger partial charge >= 0.3 is 0 Å². The molecular weight excluding hydrogens is 412 g/mol. The maximum absolute atomic E-state index is 12.7. The number of amides is 1. The fourth-order valence-corrected chi connectivity index (χ4v) is 4.38. The molecule has 1 fully saturated rings. The fourth-order valence-electron chi connectivity index (χ4n) is 4.38. The van der Waals surface area contributed by atoms with Gasteiger partial charge in [0.1, 0.15) is 5.52 Å². The van der Waals surface area contributed by atoms with Gasteiger partial charge in [0.15, 0.2) is 5.82 Å². The van der Waals surface area contributed by atoms with Crippen molar-refractivity contribution in [3.05, 3.63) is 77.9 Å². The fraction of sp³-hybridized carbons (Fsp3) is 0.308. The van der Waals surface area contributed by atoms with E-state index in [0.29, 0.717) is 6.54 Å². The Morgan fingerprint density at radius 3 is 2.58 bits per heavy atom. The minimum atomic E-state index is 0.0267. The second-order valence-electron chi connectivity index (χ2n) is 8.74. The van der Waals surface area contributed by atoms with Crippen LogP contribution >= 0.6 is 0 Å². The van der Waals surface area contributed by atoms with Crippen molar-refractivity contribution in [3.8, 4) is 11.3 Å². The number of aryl methyl sites for hydroxylation is 2. The number of anilines is 1. The third-order valence-corrected chi connectivity index (χ3v) is 6.55. The second-order valence-corrected chi connectivity index (χ2v) is 8.74. The highest BCUT2D eigenvalue weighted by Crippen LogP contribution is 2.29. The molecule has 1 aliphatic rings. The van der Waals surface area contributed by atoms with Crippen LogP contribution in [0.25, 0.3) is 16.8 Å². The topological polar surface area (TPSA) is 75.4 Å². The molecule has 7 heteroatoms. The first-order chi connectivity index (χ1) is 16.1. The third kappa shape index (κ3) is 4.44. The van der Waals surface area contributed by atoms with Crippen LogP contribution in [0.15, 0.2) is 61.2 Å². The van der Waals surface area contributed by atoms with Crippen molar-refractivity contribution >= 4 is 17.2 Å². The Kier molecular flexibility index (Phi) is 5.77. The van der Waals surface area contributed by atoms with E-state index in [0.717, 1.165) is 54.1 Å². The predicted octanol–water partition coefficient (Wildman–Crippen LogP) is 3.94. The van der Waals surface area contributed by atoms with Crippen LogP contribution in [0.3, 0.4) is 0 Å². The number of carbonyl (C=O) groups excluding carboxylic acids is 1. The van der Waals surface area contributed by atoms with E-state index in [1.165, 1.54) is 11.1 Å². The molecule has 1 N–H and O–H groups in total. The Bertz CT molecular complexity index is 1270. The average molecular weight is 441 g/mol. The standard InChI is InChI=1S/C26H28N6O/c1-18-3-4-22(15-19(18)2)23-16-24-25(28-11-14-32(24)30-23)31-12-7-21(8-13-31)26(33)29-17-20-5-9-27-10-6-20/h3-6,9-11,14-16,21H,7-8,12-13,17H2,1-2H3,(H,29,33). The molecule has 168 valence electrons. The normalized spacial score (nSPS) is 14.5. The lowest BCUT2D eigenvalue weighted by atomic mass is 9.95. The molecule has 3 aromatic heterocycles. The Morgan fingerprint density at radius 1 is 1.03 bits per heavy atom. The van der Waals surface area contributed by atoms with Gasteiger partial charge in [0, 0.05) is 55.9 Å². The second kappa shape index (κ2) is 9.02. The van der Waals surface area contributed by atoms with Crippen LogP contribution in [0.2, 0.25) is 0 Å². The molecule has 4 aromatic rings. The molecule has 0 bridgehead atoms. The number of nitrogens with one attached hydrogen (secondary N) is 1. The van der Waals surface area contributed by atoms with Crippen molar-refractivity contribution in [3.63, 3.8) is 0 Å². The number of pyridine rings is 1. The number of carbonyl (C=O) groups is 1. The zero-order chi connectivity index (χ0) is 22.8. The first-order valence-electron chi connectivity index (χ1n) is 11.4. The predicted molar refractivity (Wildman–Crippen MR) is 129 cm³/mol. The first-order valence-corrected chi connectivity index (χ1v) is 11.4. The summed E-state index contributed by atoms with van der Waals surface area (Å²) in [6, 6.07) is 12.4. The molecule has 1 aliphatic heterocycles. The van der Waals surface area contributed by atoms with Gasteiger partial charge in [-0.1, -0.05) is 12.1 Å². The molecule has 1 aromatic carbocycles. The van der Waals surface area contributed by atoms with Crippen LogP contribution in [-0.2, 0) is 11.3 Å². The van der Waals surface area contributed by atoms with E-state index in [9.17, 15) is 4.79 Å². The van der Waals surface area contributed by atoms with Crippen molar-refractivity contribution in [1.82, 2.24) is 24.9 Å². The van der Waals surface area contributed by atoms with Gasteiger partial charge in [-0.05, 0) is 67.6 Å². The lowest BCUT2D eigenvalue weighted by molar-refractivity contribution is -0.125. The van der Waals surface area contributed by atoms with E-state index in [-0.39, 0.29) is 11.8 Å². The van der Waals surface area contributed by atoms with E-state index in [2.05, 4.69) is 58.3 Å². The summed E-state index contributed by atoms with van der Waals surface area (Å²) in [7, 11) is 0. The van der Waals surface area contributed by atoms with Gasteiger partial charge in [0.25, 0.3) is 0 Å². The van der Waals surface area contributed by atoms with E-state index in [4.69, 9.17) is 5.10 Å². The van der Waals surface area contributed by atoms with Crippen LogP contribution < -0.4 is 10.2 Å². The molecule has 0 spiro atoms. The van der Waals surface area contributed by atoms with Crippen LogP contribution in [0.5, 0.6) is 0 Å². The largest absolute Gasteiger partial charge is 0.355 e. The molecule has 1 amide bonds. The number of benzene rings is 1. The minimum absolute atomic E-state index is 0.0267. The summed E-state index contributed by atoms with van der Waals surface area (Å²) in [6.45, 7) is 6.38. The SMILES string of the molecule is Cc1ccc(-c2cc3c(N4CCC(C(=O)NCc5ccncc5)CC4)nccn3n2)cc1C. The highest BCUT2D eigenvalue weighted by atomic mass is 16.1. The van der Waals surface area contributed by atoms with Gasteiger partial charge in [-0.2, -0.15) is 5.10 Å². The molecule has 1 saturated heterocycles. The van der Waals surface area contributed by atoms with Crippen molar-refractivity contribution in [2.45, 2.75) is 33.2 Å². The molecule has 0 unspecified atom stereocenters. The number of hydrogen-bond acceptors (Lipinski definition) is 5. The van der Waals surface area contributed by atoms with Crippen LogP contribution in [-0.4, -0.2) is 38.6 Å². The molecule has 0 radical (unpaired) electrons. The lowest BCUT2D eigenvalue weighted by Gasteiger charge is -2.32. The Balaban J connectivity index is 1.28. The maximum Gasteiger partial charge on any atom is 0.223 e. The number of aromatic nitrogens is 4. The minimum Gasteiger partial charge on any atom is -0.355 e.